The first-order valence-electron chi connectivity index (χ1n) is 8.81. The molecule has 0 bridgehead atoms. The van der Waals surface area contributed by atoms with Crippen LogP contribution in [-0.4, -0.2) is 4.98 Å². The first-order chi connectivity index (χ1) is 12.8. The number of rotatable bonds is 2. The first-order valence-corrected chi connectivity index (χ1v) is 10.4. The molecule has 1 aliphatic rings. The van der Waals surface area contributed by atoms with E-state index in [1.807, 2.05) is 6.20 Å². The third-order valence-corrected chi connectivity index (χ3v) is 9.09. The van der Waals surface area contributed by atoms with Crippen LogP contribution in [0.2, 0.25) is 0 Å². The second kappa shape index (κ2) is 5.86. The molecule has 0 fully saturated rings. The lowest BCUT2D eigenvalue weighted by atomic mass is 10.0. The Morgan fingerprint density at radius 2 is 1.31 bits per heavy atom. The molecule has 26 heavy (non-hydrogen) atoms. The maximum atomic E-state index is 4.54. The van der Waals surface area contributed by atoms with Gasteiger partial charge in [0.1, 0.15) is 0 Å². The second-order valence-corrected chi connectivity index (χ2v) is 9.61. The van der Waals surface area contributed by atoms with Gasteiger partial charge in [-0.05, 0) is 60.0 Å². The van der Waals surface area contributed by atoms with E-state index in [0.29, 0.717) is 0 Å². The van der Waals surface area contributed by atoms with Gasteiger partial charge in [0.25, 0.3) is 0 Å². The minimum atomic E-state index is -1.52. The van der Waals surface area contributed by atoms with Crippen LogP contribution in [-0.2, 0) is 0 Å². The molecular formula is C24H19NS. The van der Waals surface area contributed by atoms with Gasteiger partial charge in [-0.2, -0.15) is 0 Å². The van der Waals surface area contributed by atoms with Gasteiger partial charge in [0, 0.05) is 32.0 Å². The quantitative estimate of drug-likeness (QED) is 0.343. The van der Waals surface area contributed by atoms with E-state index in [2.05, 4.69) is 103 Å². The van der Waals surface area contributed by atoms with Crippen molar-refractivity contribution in [2.24, 2.45) is 0 Å². The lowest BCUT2D eigenvalue weighted by Gasteiger charge is -2.38. The van der Waals surface area contributed by atoms with E-state index in [9.17, 15) is 0 Å². The number of nitrogens with zero attached hydrogens (tertiary/aromatic N) is 1. The summed E-state index contributed by atoms with van der Waals surface area (Å²) in [6, 6.07) is 30.8. The molecule has 1 aliphatic heterocycles. The fraction of sp³-hybridized carbons (Fsp3) is 0.0417. The van der Waals surface area contributed by atoms with Crippen molar-refractivity contribution in [3.05, 3.63) is 103 Å². The van der Waals surface area contributed by atoms with Gasteiger partial charge in [-0.1, -0.05) is 48.5 Å². The van der Waals surface area contributed by atoms with E-state index in [1.165, 1.54) is 36.3 Å². The molecule has 0 amide bonds. The summed E-state index contributed by atoms with van der Waals surface area (Å²) in [7, 11) is -1.52. The molecule has 1 nitrogen and oxygen atoms in total. The molecule has 4 aromatic rings. The fourth-order valence-corrected chi connectivity index (χ4v) is 8.32. The summed E-state index contributed by atoms with van der Waals surface area (Å²) in [5.74, 6) is 0. The smallest absolute Gasteiger partial charge is 0.0404 e. The van der Waals surface area contributed by atoms with E-state index in [-0.39, 0.29) is 0 Å². The molecule has 0 aliphatic carbocycles. The zero-order valence-electron chi connectivity index (χ0n) is 14.6. The molecule has 1 aromatic heterocycles. The van der Waals surface area contributed by atoms with Crippen LogP contribution in [0.1, 0.15) is 5.56 Å². The van der Waals surface area contributed by atoms with Gasteiger partial charge in [-0.3, -0.25) is 4.98 Å². The standard InChI is InChI=1S/C24H19NS/c1-18-9-8-14-22-24(18)21-15-16-25-17-23(21)26(22,19-10-4-2-5-11-19)20-12-6-3-7-13-20/h2-17H,1H3. The second-order valence-electron chi connectivity index (χ2n) is 6.56. The Morgan fingerprint density at radius 1 is 0.654 bits per heavy atom. The fourth-order valence-electron chi connectivity index (χ4n) is 4.08. The van der Waals surface area contributed by atoms with Crippen LogP contribution in [0.25, 0.3) is 11.1 Å². The number of hydrogen-bond donors (Lipinski definition) is 0. The maximum Gasteiger partial charge on any atom is 0.0404 e. The lowest BCUT2D eigenvalue weighted by molar-refractivity contribution is 1.22. The highest BCUT2D eigenvalue weighted by atomic mass is 32.3. The van der Waals surface area contributed by atoms with Crippen molar-refractivity contribution >= 4 is 10.0 Å². The zero-order valence-corrected chi connectivity index (χ0v) is 15.4. The van der Waals surface area contributed by atoms with Crippen molar-refractivity contribution in [3.63, 3.8) is 0 Å². The lowest BCUT2D eigenvalue weighted by Crippen LogP contribution is -2.01. The predicted octanol–water partition coefficient (Wildman–Crippen LogP) is 6.71. The van der Waals surface area contributed by atoms with Crippen molar-refractivity contribution < 1.29 is 0 Å². The molecule has 2 heteroatoms. The van der Waals surface area contributed by atoms with Crippen molar-refractivity contribution in [1.82, 2.24) is 4.98 Å². The molecule has 0 spiro atoms. The Balaban J connectivity index is 2.00. The van der Waals surface area contributed by atoms with Crippen LogP contribution in [0.3, 0.4) is 0 Å². The highest BCUT2D eigenvalue weighted by Crippen LogP contribution is 2.79. The molecule has 0 saturated carbocycles. The minimum Gasteiger partial charge on any atom is -0.264 e. The number of fused-ring (bicyclic) bond motifs is 3. The Morgan fingerprint density at radius 3 is 1.96 bits per heavy atom. The van der Waals surface area contributed by atoms with E-state index >= 15 is 0 Å². The van der Waals surface area contributed by atoms with Crippen molar-refractivity contribution in [1.29, 1.82) is 0 Å². The monoisotopic (exact) mass is 353 g/mol. The molecule has 2 heterocycles. The van der Waals surface area contributed by atoms with Crippen LogP contribution in [0.15, 0.2) is 117 Å². The highest BCUT2D eigenvalue weighted by Gasteiger charge is 2.42. The normalized spacial score (nSPS) is 15.1. The van der Waals surface area contributed by atoms with E-state index in [0.717, 1.165) is 0 Å². The van der Waals surface area contributed by atoms with Crippen molar-refractivity contribution in [3.8, 4) is 11.1 Å². The summed E-state index contributed by atoms with van der Waals surface area (Å²) >= 11 is 0. The third kappa shape index (κ3) is 1.96. The molecule has 0 saturated heterocycles. The molecule has 5 rings (SSSR count). The Kier molecular flexibility index (Phi) is 3.47. The summed E-state index contributed by atoms with van der Waals surface area (Å²) in [6.45, 7) is 2.22. The summed E-state index contributed by atoms with van der Waals surface area (Å²) in [4.78, 5) is 10.0. The molecule has 0 radical (unpaired) electrons. The van der Waals surface area contributed by atoms with Crippen LogP contribution in [0, 0.1) is 6.92 Å². The largest absolute Gasteiger partial charge is 0.264 e. The summed E-state index contributed by atoms with van der Waals surface area (Å²) in [5, 5.41) is 0. The average molecular weight is 353 g/mol. The highest BCUT2D eigenvalue weighted by molar-refractivity contribution is 8.34. The van der Waals surface area contributed by atoms with Gasteiger partial charge in [0.05, 0.1) is 0 Å². The topological polar surface area (TPSA) is 12.9 Å². The van der Waals surface area contributed by atoms with Crippen LogP contribution in [0.4, 0.5) is 0 Å². The first kappa shape index (κ1) is 15.4. The van der Waals surface area contributed by atoms with E-state index < -0.39 is 10.0 Å². The maximum absolute atomic E-state index is 4.54. The Labute approximate surface area is 155 Å². The average Bonchev–Trinajstić information content (AvgIpc) is 3.02. The summed E-state index contributed by atoms with van der Waals surface area (Å²) < 4.78 is 0. The van der Waals surface area contributed by atoms with Gasteiger partial charge < -0.3 is 0 Å². The van der Waals surface area contributed by atoms with Gasteiger partial charge in [0.15, 0.2) is 0 Å². The Bertz CT molecular complexity index is 1050. The van der Waals surface area contributed by atoms with Crippen LogP contribution in [0.5, 0.6) is 0 Å². The molecule has 3 aromatic carbocycles. The number of pyridine rings is 1. The van der Waals surface area contributed by atoms with Crippen LogP contribution >= 0.6 is 10.0 Å². The number of benzene rings is 3. The Hall–Kier alpha value is -2.84. The predicted molar refractivity (Wildman–Crippen MR) is 108 cm³/mol. The molecule has 0 N–H and O–H groups in total. The van der Waals surface area contributed by atoms with Gasteiger partial charge in [0.2, 0.25) is 0 Å². The van der Waals surface area contributed by atoms with Crippen molar-refractivity contribution in [2.75, 3.05) is 0 Å². The van der Waals surface area contributed by atoms with Crippen molar-refractivity contribution in [2.45, 2.75) is 26.5 Å². The summed E-state index contributed by atoms with van der Waals surface area (Å²) in [5.41, 5.74) is 4.04. The molecular weight excluding hydrogens is 334 g/mol. The van der Waals surface area contributed by atoms with Crippen LogP contribution < -0.4 is 0 Å². The zero-order chi connectivity index (χ0) is 17.6. The van der Waals surface area contributed by atoms with Gasteiger partial charge >= 0.3 is 0 Å². The molecule has 0 unspecified atom stereocenters. The molecule has 0 atom stereocenters. The summed E-state index contributed by atoms with van der Waals surface area (Å²) in [6.07, 6.45) is 4.00. The SMILES string of the molecule is Cc1cccc2c1-c1ccncc1S2(c1ccccc1)c1ccccc1. The van der Waals surface area contributed by atoms with Gasteiger partial charge in [-0.25, -0.2) is 0 Å². The number of aromatic nitrogens is 1. The minimum absolute atomic E-state index is 1.33. The van der Waals surface area contributed by atoms with E-state index in [1.54, 1.807) is 0 Å². The number of hydrogen-bond acceptors (Lipinski definition) is 1. The van der Waals surface area contributed by atoms with Gasteiger partial charge in [-0.15, -0.1) is 10.0 Å². The van der Waals surface area contributed by atoms with E-state index in [4.69, 9.17) is 0 Å². The third-order valence-electron chi connectivity index (χ3n) is 5.14. The molecule has 126 valence electrons. The number of aryl methyl sites for hydroxylation is 1.